The summed E-state index contributed by atoms with van der Waals surface area (Å²) in [7, 11) is 0. The van der Waals surface area contributed by atoms with Crippen LogP contribution in [-0.4, -0.2) is 10.1 Å². The maximum absolute atomic E-state index is 9.38. The molecule has 0 aliphatic carbocycles. The van der Waals surface area contributed by atoms with Crippen molar-refractivity contribution in [2.45, 2.75) is 39.0 Å². The van der Waals surface area contributed by atoms with E-state index in [0.717, 1.165) is 28.8 Å². The van der Waals surface area contributed by atoms with Crippen LogP contribution in [0.3, 0.4) is 0 Å². The molecule has 128 valence electrons. The predicted molar refractivity (Wildman–Crippen MR) is 105 cm³/mol. The molecular formula is C23H25NO. The Morgan fingerprint density at radius 1 is 0.720 bits per heavy atom. The highest BCUT2D eigenvalue weighted by molar-refractivity contribution is 5.67. The number of rotatable bonds is 7. The molecule has 1 heterocycles. The van der Waals surface area contributed by atoms with Crippen LogP contribution in [0.25, 0.3) is 22.4 Å². The number of nitrogens with zero attached hydrogens (tertiary/aromatic N) is 1. The fourth-order valence-electron chi connectivity index (χ4n) is 2.99. The van der Waals surface area contributed by atoms with Crippen LogP contribution in [-0.2, 0) is 6.42 Å². The summed E-state index contributed by atoms with van der Waals surface area (Å²) >= 11 is 0. The van der Waals surface area contributed by atoms with Gasteiger partial charge in [-0.25, -0.2) is 0 Å². The second kappa shape index (κ2) is 8.48. The van der Waals surface area contributed by atoms with Crippen LogP contribution in [0.4, 0.5) is 0 Å². The summed E-state index contributed by atoms with van der Waals surface area (Å²) in [6, 6.07) is 20.1. The third-order valence-corrected chi connectivity index (χ3v) is 4.53. The lowest BCUT2D eigenvalue weighted by molar-refractivity contribution is 0.475. The van der Waals surface area contributed by atoms with Crippen molar-refractivity contribution in [2.24, 2.45) is 0 Å². The third-order valence-electron chi connectivity index (χ3n) is 4.53. The van der Waals surface area contributed by atoms with E-state index in [9.17, 15) is 5.11 Å². The minimum absolute atomic E-state index is 0.281. The summed E-state index contributed by atoms with van der Waals surface area (Å²) in [5.74, 6) is 0.281. The molecule has 0 saturated heterocycles. The molecule has 1 aromatic heterocycles. The largest absolute Gasteiger partial charge is 0.508 e. The molecule has 3 rings (SSSR count). The second-order valence-corrected chi connectivity index (χ2v) is 6.49. The molecule has 1 N–H and O–H groups in total. The van der Waals surface area contributed by atoms with E-state index >= 15 is 0 Å². The maximum atomic E-state index is 9.38. The van der Waals surface area contributed by atoms with E-state index in [4.69, 9.17) is 0 Å². The van der Waals surface area contributed by atoms with Gasteiger partial charge in [0.1, 0.15) is 5.75 Å². The van der Waals surface area contributed by atoms with E-state index in [2.05, 4.69) is 48.3 Å². The number of phenolic OH excluding ortho intramolecular Hbond substituents is 1. The van der Waals surface area contributed by atoms with Gasteiger partial charge >= 0.3 is 0 Å². The highest BCUT2D eigenvalue weighted by atomic mass is 16.3. The van der Waals surface area contributed by atoms with Crippen LogP contribution < -0.4 is 0 Å². The molecule has 0 aliphatic heterocycles. The summed E-state index contributed by atoms with van der Waals surface area (Å²) < 4.78 is 0. The molecule has 0 fully saturated rings. The van der Waals surface area contributed by atoms with Gasteiger partial charge in [-0.2, -0.15) is 0 Å². The summed E-state index contributed by atoms with van der Waals surface area (Å²) in [6.45, 7) is 2.24. The van der Waals surface area contributed by atoms with Crippen molar-refractivity contribution in [3.05, 3.63) is 72.4 Å². The first-order chi connectivity index (χ1) is 12.3. The van der Waals surface area contributed by atoms with Crippen LogP contribution in [0.1, 0.15) is 38.2 Å². The Hall–Kier alpha value is -2.61. The Morgan fingerprint density at radius 2 is 1.40 bits per heavy atom. The van der Waals surface area contributed by atoms with E-state index in [-0.39, 0.29) is 5.75 Å². The molecule has 0 saturated carbocycles. The molecule has 0 aliphatic rings. The van der Waals surface area contributed by atoms with Gasteiger partial charge in [0.25, 0.3) is 0 Å². The molecule has 3 aromatic rings. The minimum atomic E-state index is 0.281. The van der Waals surface area contributed by atoms with Crippen LogP contribution in [0.15, 0.2) is 66.9 Å². The smallest absolute Gasteiger partial charge is 0.115 e. The van der Waals surface area contributed by atoms with Gasteiger partial charge in [-0.3, -0.25) is 4.98 Å². The Morgan fingerprint density at radius 3 is 2.04 bits per heavy atom. The molecule has 0 radical (unpaired) electrons. The average molecular weight is 331 g/mol. The lowest BCUT2D eigenvalue weighted by Crippen LogP contribution is -1.88. The molecule has 0 atom stereocenters. The highest BCUT2D eigenvalue weighted by Crippen LogP contribution is 2.24. The van der Waals surface area contributed by atoms with Crippen LogP contribution in [0.2, 0.25) is 0 Å². The number of hydrogen-bond acceptors (Lipinski definition) is 2. The Balaban J connectivity index is 1.66. The van der Waals surface area contributed by atoms with Gasteiger partial charge in [-0.15, -0.1) is 0 Å². The van der Waals surface area contributed by atoms with Crippen LogP contribution in [0.5, 0.6) is 5.75 Å². The molecule has 0 bridgehead atoms. The lowest BCUT2D eigenvalue weighted by atomic mass is 10.0. The zero-order valence-corrected chi connectivity index (χ0v) is 14.8. The van der Waals surface area contributed by atoms with Gasteiger partial charge in [-0.05, 0) is 42.2 Å². The van der Waals surface area contributed by atoms with Gasteiger partial charge in [-0.1, -0.05) is 68.7 Å². The third kappa shape index (κ3) is 4.69. The van der Waals surface area contributed by atoms with E-state index in [1.54, 1.807) is 12.1 Å². The van der Waals surface area contributed by atoms with Gasteiger partial charge in [0, 0.05) is 17.3 Å². The van der Waals surface area contributed by atoms with Crippen LogP contribution >= 0.6 is 0 Å². The number of aromatic nitrogens is 1. The van der Waals surface area contributed by atoms with Gasteiger partial charge in [0.2, 0.25) is 0 Å². The van der Waals surface area contributed by atoms with E-state index in [0.29, 0.717) is 0 Å². The van der Waals surface area contributed by atoms with Crippen molar-refractivity contribution < 1.29 is 5.11 Å². The van der Waals surface area contributed by atoms with Gasteiger partial charge in [0.05, 0.1) is 5.69 Å². The molecule has 2 nitrogen and oxygen atoms in total. The zero-order valence-electron chi connectivity index (χ0n) is 14.8. The monoisotopic (exact) mass is 331 g/mol. The van der Waals surface area contributed by atoms with Gasteiger partial charge < -0.3 is 5.11 Å². The first kappa shape index (κ1) is 17.2. The summed E-state index contributed by atoms with van der Waals surface area (Å²) in [5, 5.41) is 9.38. The molecule has 2 heteroatoms. The lowest BCUT2D eigenvalue weighted by Gasteiger charge is -2.06. The number of pyridine rings is 1. The molecular weight excluding hydrogens is 306 g/mol. The number of benzene rings is 2. The Kier molecular flexibility index (Phi) is 5.84. The SMILES string of the molecule is CCCCCCc1ccc(-c2ccc(-c3ccc(O)cc3)cn2)cc1. The molecule has 2 aromatic carbocycles. The van der Waals surface area contributed by atoms with Crippen molar-refractivity contribution in [1.29, 1.82) is 0 Å². The molecule has 0 amide bonds. The van der Waals surface area contributed by atoms with Crippen molar-refractivity contribution in [3.63, 3.8) is 0 Å². The highest BCUT2D eigenvalue weighted by Gasteiger charge is 2.03. The van der Waals surface area contributed by atoms with E-state index < -0.39 is 0 Å². The van der Waals surface area contributed by atoms with Crippen LogP contribution in [0, 0.1) is 0 Å². The quantitative estimate of drug-likeness (QED) is 0.519. The number of unbranched alkanes of at least 4 members (excludes halogenated alkanes) is 3. The summed E-state index contributed by atoms with van der Waals surface area (Å²) in [6.07, 6.45) is 8.25. The summed E-state index contributed by atoms with van der Waals surface area (Å²) in [5.41, 5.74) is 5.64. The van der Waals surface area contributed by atoms with E-state index in [1.165, 1.54) is 31.2 Å². The fourth-order valence-corrected chi connectivity index (χ4v) is 2.99. The molecule has 0 unspecified atom stereocenters. The standard InChI is InChI=1S/C23H25NO/c1-2-3-4-5-6-18-7-9-20(10-8-18)23-16-13-21(17-24-23)19-11-14-22(25)15-12-19/h7-17,25H,2-6H2,1H3. The Bertz CT molecular complexity index is 774. The predicted octanol–water partition coefficient (Wildman–Crippen LogP) is 6.24. The van der Waals surface area contributed by atoms with Crippen molar-refractivity contribution >= 4 is 0 Å². The number of aromatic hydroxyl groups is 1. The molecule has 0 spiro atoms. The maximum Gasteiger partial charge on any atom is 0.115 e. The number of hydrogen-bond donors (Lipinski definition) is 1. The topological polar surface area (TPSA) is 33.1 Å². The first-order valence-corrected chi connectivity index (χ1v) is 9.11. The number of aryl methyl sites for hydroxylation is 1. The molecule has 25 heavy (non-hydrogen) atoms. The normalized spacial score (nSPS) is 10.8. The summed E-state index contributed by atoms with van der Waals surface area (Å²) in [4.78, 5) is 4.60. The minimum Gasteiger partial charge on any atom is -0.508 e. The fraction of sp³-hybridized carbons (Fsp3) is 0.261. The van der Waals surface area contributed by atoms with Crippen molar-refractivity contribution in [2.75, 3.05) is 0 Å². The van der Waals surface area contributed by atoms with Gasteiger partial charge in [0.15, 0.2) is 0 Å². The van der Waals surface area contributed by atoms with Crippen molar-refractivity contribution in [3.8, 4) is 28.1 Å². The Labute approximate surface area is 150 Å². The first-order valence-electron chi connectivity index (χ1n) is 9.11. The van der Waals surface area contributed by atoms with Crippen molar-refractivity contribution in [1.82, 2.24) is 4.98 Å². The number of phenols is 1. The van der Waals surface area contributed by atoms with E-state index in [1.807, 2.05) is 18.3 Å². The average Bonchev–Trinajstić information content (AvgIpc) is 2.67. The zero-order chi connectivity index (χ0) is 17.5. The second-order valence-electron chi connectivity index (χ2n) is 6.49.